The van der Waals surface area contributed by atoms with E-state index < -0.39 is 38.1 Å². The molecule has 0 aliphatic heterocycles. The highest BCUT2D eigenvalue weighted by Gasteiger charge is 2.50. The first kappa shape index (κ1) is 15.9. The van der Waals surface area contributed by atoms with Gasteiger partial charge in [0.2, 0.25) is 0 Å². The first-order chi connectivity index (χ1) is 8.17. The van der Waals surface area contributed by atoms with Gasteiger partial charge in [-0.1, -0.05) is 19.8 Å². The molecule has 0 N–H and O–H groups in total. The first-order valence-corrected chi connectivity index (χ1v) is 7.59. The highest BCUT2D eigenvalue weighted by molar-refractivity contribution is 7.51. The Morgan fingerprint density at radius 2 is 1.94 bits per heavy atom. The molecular weight excluding hydrogens is 275 g/mol. The third kappa shape index (κ3) is 4.21. The van der Waals surface area contributed by atoms with E-state index in [4.69, 9.17) is 0 Å². The summed E-state index contributed by atoms with van der Waals surface area (Å²) in [6, 6.07) is 0. The average Bonchev–Trinajstić information content (AvgIpc) is 2.26. The predicted octanol–water partition coefficient (Wildman–Crippen LogP) is 3.04. The smallest absolute Gasteiger partial charge is 0.415 e. The third-order valence-electron chi connectivity index (χ3n) is 3.10. The number of hydrogen-bond acceptors (Lipinski definition) is 3. The zero-order valence-electron chi connectivity index (χ0n) is 9.95. The van der Waals surface area contributed by atoms with E-state index in [1.807, 2.05) is 0 Å². The maximum atomic E-state index is 13.5. The maximum Gasteiger partial charge on any atom is 0.415 e. The van der Waals surface area contributed by atoms with Crippen LogP contribution in [0.5, 0.6) is 0 Å². The van der Waals surface area contributed by atoms with Crippen LogP contribution < -0.4 is 4.89 Å². The van der Waals surface area contributed by atoms with Crippen LogP contribution >= 0.6 is 7.60 Å². The van der Waals surface area contributed by atoms with Gasteiger partial charge < -0.3 is 14.0 Å². The molecule has 108 valence electrons. The van der Waals surface area contributed by atoms with Crippen LogP contribution in [-0.4, -0.2) is 24.6 Å². The number of rotatable bonds is 4. The predicted molar refractivity (Wildman–Crippen MR) is 55.9 cm³/mol. The normalized spacial score (nSPS) is 30.8. The molecule has 0 aromatic carbocycles. The van der Waals surface area contributed by atoms with E-state index in [1.165, 1.54) is 6.92 Å². The van der Waals surface area contributed by atoms with Crippen LogP contribution in [0.3, 0.4) is 0 Å². The van der Waals surface area contributed by atoms with Gasteiger partial charge in [-0.05, 0) is 12.8 Å². The lowest BCUT2D eigenvalue weighted by Gasteiger charge is -2.37. The van der Waals surface area contributed by atoms with Gasteiger partial charge in [-0.3, -0.25) is 0 Å². The lowest BCUT2D eigenvalue weighted by molar-refractivity contribution is -0.252. The first-order valence-electron chi connectivity index (χ1n) is 5.86. The molecule has 0 bridgehead atoms. The van der Waals surface area contributed by atoms with Gasteiger partial charge in [0.05, 0.1) is 0 Å². The minimum Gasteiger partial charge on any atom is -0.778 e. The van der Waals surface area contributed by atoms with E-state index in [9.17, 15) is 27.0 Å². The number of hydrogen-bond donors (Lipinski definition) is 0. The van der Waals surface area contributed by atoms with Crippen molar-refractivity contribution in [3.05, 3.63) is 0 Å². The highest BCUT2D eigenvalue weighted by Crippen LogP contribution is 2.47. The van der Waals surface area contributed by atoms with E-state index >= 15 is 0 Å². The minimum atomic E-state index is -4.87. The lowest BCUT2D eigenvalue weighted by Crippen LogP contribution is -2.44. The fourth-order valence-electron chi connectivity index (χ4n) is 2.08. The molecule has 18 heavy (non-hydrogen) atoms. The van der Waals surface area contributed by atoms with Crippen LogP contribution in [-0.2, 0) is 9.09 Å². The summed E-state index contributed by atoms with van der Waals surface area (Å²) in [7, 11) is -4.56. The van der Waals surface area contributed by atoms with Gasteiger partial charge in [0, 0.05) is 12.1 Å². The van der Waals surface area contributed by atoms with E-state index in [-0.39, 0.29) is 12.8 Å². The summed E-state index contributed by atoms with van der Waals surface area (Å²) in [5, 5.41) is 0. The summed E-state index contributed by atoms with van der Waals surface area (Å²) in [5.41, 5.74) is 0. The summed E-state index contributed by atoms with van der Waals surface area (Å²) < 4.78 is 67.3. The second-order valence-corrected chi connectivity index (χ2v) is 6.52. The fraction of sp³-hybridized carbons (Fsp3) is 1.00. The molecule has 0 spiro atoms. The van der Waals surface area contributed by atoms with Crippen LogP contribution in [0.2, 0.25) is 0 Å². The quantitative estimate of drug-likeness (QED) is 0.591. The molecule has 3 nitrogen and oxygen atoms in total. The zero-order chi connectivity index (χ0) is 14.0. The maximum absolute atomic E-state index is 13.5. The van der Waals surface area contributed by atoms with Gasteiger partial charge in [-0.25, -0.2) is 4.39 Å². The van der Waals surface area contributed by atoms with Crippen molar-refractivity contribution >= 4 is 7.60 Å². The average molecular weight is 291 g/mol. The molecule has 0 aromatic rings. The number of halogens is 4. The monoisotopic (exact) mass is 291 g/mol. The van der Waals surface area contributed by atoms with Crippen molar-refractivity contribution in [2.45, 2.75) is 51.1 Å². The van der Waals surface area contributed by atoms with Crippen LogP contribution in [0.15, 0.2) is 0 Å². The Bertz CT molecular complexity index is 321. The lowest BCUT2D eigenvalue weighted by atomic mass is 9.83. The van der Waals surface area contributed by atoms with E-state index in [1.54, 1.807) is 0 Å². The molecule has 1 aliphatic carbocycles. The van der Waals surface area contributed by atoms with Gasteiger partial charge >= 0.3 is 6.18 Å². The standard InChI is InChI=1S/C10H17F4O3P/c1-2-18(15,16)17-9(10(12,13)14)7-5-3-4-6-8(7)11/h7-9H,2-6H2,1H3,(H,15,16)/p-1. The molecule has 0 radical (unpaired) electrons. The Morgan fingerprint density at radius 3 is 2.39 bits per heavy atom. The fourth-order valence-corrected chi connectivity index (χ4v) is 2.85. The van der Waals surface area contributed by atoms with Crippen molar-refractivity contribution in [1.29, 1.82) is 0 Å². The van der Waals surface area contributed by atoms with Crippen LogP contribution in [0.4, 0.5) is 17.6 Å². The van der Waals surface area contributed by atoms with Crippen LogP contribution in [0.1, 0.15) is 32.6 Å². The second kappa shape index (κ2) is 5.88. The molecule has 4 unspecified atom stereocenters. The van der Waals surface area contributed by atoms with Crippen molar-refractivity contribution in [3.63, 3.8) is 0 Å². The highest BCUT2D eigenvalue weighted by atomic mass is 31.2. The van der Waals surface area contributed by atoms with Crippen molar-refractivity contribution in [2.75, 3.05) is 6.16 Å². The van der Waals surface area contributed by atoms with Crippen LogP contribution in [0, 0.1) is 5.92 Å². The zero-order valence-corrected chi connectivity index (χ0v) is 10.8. The van der Waals surface area contributed by atoms with Crippen molar-refractivity contribution in [3.8, 4) is 0 Å². The molecule has 1 rings (SSSR count). The third-order valence-corrected chi connectivity index (χ3v) is 4.43. The van der Waals surface area contributed by atoms with E-state index in [0.29, 0.717) is 12.8 Å². The van der Waals surface area contributed by atoms with Gasteiger partial charge in [0.15, 0.2) is 6.10 Å². The second-order valence-electron chi connectivity index (χ2n) is 4.46. The van der Waals surface area contributed by atoms with Gasteiger partial charge in [-0.2, -0.15) is 13.2 Å². The number of alkyl halides is 4. The molecule has 1 aliphatic rings. The molecular formula is C10H16F4O3P-. The Balaban J connectivity index is 2.88. The summed E-state index contributed by atoms with van der Waals surface area (Å²) in [4.78, 5) is 11.2. The molecule has 0 saturated heterocycles. The molecule has 1 saturated carbocycles. The topological polar surface area (TPSA) is 49.4 Å². The largest absolute Gasteiger partial charge is 0.778 e. The SMILES string of the molecule is CCP(=O)([O-])OC(C1CCCCC1F)C(F)(F)F. The van der Waals surface area contributed by atoms with Gasteiger partial charge in [0.1, 0.15) is 13.8 Å². The Hall–Kier alpha value is -0.130. The van der Waals surface area contributed by atoms with Gasteiger partial charge in [0.25, 0.3) is 0 Å². The van der Waals surface area contributed by atoms with E-state index in [0.717, 1.165) is 0 Å². The summed E-state index contributed by atoms with van der Waals surface area (Å²) in [5.74, 6) is -1.42. The van der Waals surface area contributed by atoms with Crippen molar-refractivity contribution in [1.82, 2.24) is 0 Å². The summed E-state index contributed by atoms with van der Waals surface area (Å²) in [6.07, 6.45) is -8.64. The molecule has 0 aromatic heterocycles. The molecule has 0 heterocycles. The molecule has 8 heteroatoms. The summed E-state index contributed by atoms with van der Waals surface area (Å²) >= 11 is 0. The van der Waals surface area contributed by atoms with Crippen molar-refractivity contribution in [2.24, 2.45) is 5.92 Å². The Labute approximate surface area is 103 Å². The summed E-state index contributed by atoms with van der Waals surface area (Å²) in [6.45, 7) is 1.19. The Kier molecular flexibility index (Phi) is 5.21. The van der Waals surface area contributed by atoms with Crippen molar-refractivity contribution < 1.29 is 31.5 Å². The Morgan fingerprint density at radius 1 is 1.39 bits per heavy atom. The van der Waals surface area contributed by atoms with Gasteiger partial charge in [-0.15, -0.1) is 0 Å². The minimum absolute atomic E-state index is 0.00490. The molecule has 1 fully saturated rings. The molecule has 0 amide bonds. The van der Waals surface area contributed by atoms with E-state index in [2.05, 4.69) is 4.52 Å². The molecule has 4 atom stereocenters. The van der Waals surface area contributed by atoms with Crippen LogP contribution in [0.25, 0.3) is 0 Å².